The van der Waals surface area contributed by atoms with Crippen LogP contribution in [-0.4, -0.2) is 36.4 Å². The molecule has 2 unspecified atom stereocenters. The zero-order valence-corrected chi connectivity index (χ0v) is 11.3. The molecule has 1 aromatic rings. The quantitative estimate of drug-likeness (QED) is 0.799. The molecule has 0 bridgehead atoms. The van der Waals surface area contributed by atoms with E-state index in [0.29, 0.717) is 12.0 Å². The van der Waals surface area contributed by atoms with Gasteiger partial charge in [-0.25, -0.2) is 0 Å². The molecule has 0 amide bonds. The van der Waals surface area contributed by atoms with Crippen molar-refractivity contribution in [2.75, 3.05) is 20.3 Å². The number of rotatable bonds is 7. The minimum absolute atomic E-state index is 0.429. The molecule has 0 radical (unpaired) electrons. The Morgan fingerprint density at radius 1 is 1.50 bits per heavy atom. The Kier molecular flexibility index (Phi) is 5.13. The first-order chi connectivity index (χ1) is 8.81. The Morgan fingerprint density at radius 2 is 2.39 bits per heavy atom. The van der Waals surface area contributed by atoms with Crippen LogP contribution in [0.5, 0.6) is 0 Å². The van der Waals surface area contributed by atoms with Crippen molar-refractivity contribution in [1.29, 1.82) is 0 Å². The maximum absolute atomic E-state index is 5.35. The summed E-state index contributed by atoms with van der Waals surface area (Å²) in [5.41, 5.74) is 0. The first-order valence-corrected chi connectivity index (χ1v) is 6.88. The van der Waals surface area contributed by atoms with Crippen LogP contribution in [0.1, 0.15) is 37.9 Å². The van der Waals surface area contributed by atoms with E-state index in [0.717, 1.165) is 57.0 Å². The molecule has 2 heterocycles. The third-order valence-corrected chi connectivity index (χ3v) is 3.47. The molecule has 0 aliphatic carbocycles. The molecule has 1 aliphatic rings. The zero-order chi connectivity index (χ0) is 12.8. The lowest BCUT2D eigenvalue weighted by Crippen LogP contribution is -2.27. The lowest BCUT2D eigenvalue weighted by Gasteiger charge is -2.11. The van der Waals surface area contributed by atoms with Gasteiger partial charge in [0.1, 0.15) is 0 Å². The number of likely N-dealkylation sites (N-methyl/N-ethyl adjacent to an activating group) is 1. The number of nitrogens with one attached hydrogen (secondary N) is 1. The van der Waals surface area contributed by atoms with E-state index in [1.807, 2.05) is 7.05 Å². The molecular formula is C13H23N3O2. The third-order valence-electron chi connectivity index (χ3n) is 3.47. The van der Waals surface area contributed by atoms with Crippen LogP contribution in [0.15, 0.2) is 4.52 Å². The molecule has 1 fully saturated rings. The summed E-state index contributed by atoms with van der Waals surface area (Å²) in [7, 11) is 1.98. The van der Waals surface area contributed by atoms with Gasteiger partial charge in [0.15, 0.2) is 5.82 Å². The van der Waals surface area contributed by atoms with E-state index in [1.54, 1.807) is 0 Å². The van der Waals surface area contributed by atoms with Crippen molar-refractivity contribution >= 4 is 0 Å². The fourth-order valence-electron chi connectivity index (χ4n) is 2.37. The summed E-state index contributed by atoms with van der Waals surface area (Å²) < 4.78 is 10.7. The summed E-state index contributed by atoms with van der Waals surface area (Å²) in [6.07, 6.45) is 5.09. The Morgan fingerprint density at radius 3 is 3.06 bits per heavy atom. The van der Waals surface area contributed by atoms with Crippen LogP contribution in [0.3, 0.4) is 0 Å². The monoisotopic (exact) mass is 253 g/mol. The molecule has 1 aromatic heterocycles. The van der Waals surface area contributed by atoms with Gasteiger partial charge in [0, 0.05) is 32.1 Å². The first-order valence-electron chi connectivity index (χ1n) is 6.88. The largest absolute Gasteiger partial charge is 0.381 e. The molecule has 1 N–H and O–H groups in total. The van der Waals surface area contributed by atoms with Gasteiger partial charge < -0.3 is 14.6 Å². The highest BCUT2D eigenvalue weighted by Crippen LogP contribution is 2.17. The molecule has 2 atom stereocenters. The van der Waals surface area contributed by atoms with Crippen LogP contribution in [0, 0.1) is 5.92 Å². The molecule has 5 heteroatoms. The van der Waals surface area contributed by atoms with Crippen molar-refractivity contribution in [1.82, 2.24) is 15.5 Å². The van der Waals surface area contributed by atoms with Crippen molar-refractivity contribution in [2.24, 2.45) is 5.92 Å². The second-order valence-electron chi connectivity index (χ2n) is 5.02. The van der Waals surface area contributed by atoms with Gasteiger partial charge in [0.2, 0.25) is 5.89 Å². The molecule has 0 spiro atoms. The van der Waals surface area contributed by atoms with Crippen LogP contribution in [0.4, 0.5) is 0 Å². The van der Waals surface area contributed by atoms with E-state index in [9.17, 15) is 0 Å². The normalized spacial score (nSPS) is 21.3. The van der Waals surface area contributed by atoms with E-state index < -0.39 is 0 Å². The summed E-state index contributed by atoms with van der Waals surface area (Å²) in [5, 5.41) is 7.34. The Balaban J connectivity index is 1.84. The average Bonchev–Trinajstić information content (AvgIpc) is 3.01. The fourth-order valence-corrected chi connectivity index (χ4v) is 2.37. The second-order valence-corrected chi connectivity index (χ2v) is 5.02. The molecule has 18 heavy (non-hydrogen) atoms. The summed E-state index contributed by atoms with van der Waals surface area (Å²) in [6.45, 7) is 3.89. The van der Waals surface area contributed by atoms with Crippen molar-refractivity contribution < 1.29 is 9.26 Å². The topological polar surface area (TPSA) is 60.2 Å². The van der Waals surface area contributed by atoms with Gasteiger partial charge in [0.05, 0.1) is 0 Å². The highest BCUT2D eigenvalue weighted by molar-refractivity contribution is 4.91. The van der Waals surface area contributed by atoms with E-state index in [4.69, 9.17) is 9.26 Å². The van der Waals surface area contributed by atoms with Crippen LogP contribution in [-0.2, 0) is 17.6 Å². The van der Waals surface area contributed by atoms with Gasteiger partial charge in [-0.3, -0.25) is 0 Å². The second kappa shape index (κ2) is 6.85. The predicted molar refractivity (Wildman–Crippen MR) is 68.4 cm³/mol. The minimum Gasteiger partial charge on any atom is -0.381 e. The highest BCUT2D eigenvalue weighted by atomic mass is 16.5. The molecule has 0 saturated carbocycles. The smallest absolute Gasteiger partial charge is 0.228 e. The van der Waals surface area contributed by atoms with Crippen LogP contribution in [0.2, 0.25) is 0 Å². The molecule has 1 aliphatic heterocycles. The summed E-state index contributed by atoms with van der Waals surface area (Å²) in [5.74, 6) is 2.13. The molecule has 2 rings (SSSR count). The number of hydrogen-bond donors (Lipinski definition) is 1. The minimum atomic E-state index is 0.429. The molecule has 102 valence electrons. The van der Waals surface area contributed by atoms with Crippen LogP contribution >= 0.6 is 0 Å². The standard InChI is InChI=1S/C13H23N3O2/c1-3-4-11(14-2)8-13-15-12(16-18-13)7-10-5-6-17-9-10/h10-11,14H,3-9H2,1-2H3. The van der Waals surface area contributed by atoms with Gasteiger partial charge in [0.25, 0.3) is 0 Å². The molecule has 1 saturated heterocycles. The van der Waals surface area contributed by atoms with Gasteiger partial charge in [-0.05, 0) is 25.8 Å². The molecular weight excluding hydrogens is 230 g/mol. The summed E-state index contributed by atoms with van der Waals surface area (Å²) in [4.78, 5) is 4.47. The van der Waals surface area contributed by atoms with Crippen molar-refractivity contribution in [2.45, 2.75) is 45.1 Å². The van der Waals surface area contributed by atoms with E-state index >= 15 is 0 Å². The van der Waals surface area contributed by atoms with Crippen molar-refractivity contribution in [3.63, 3.8) is 0 Å². The van der Waals surface area contributed by atoms with Gasteiger partial charge in [-0.2, -0.15) is 4.98 Å². The number of hydrogen-bond acceptors (Lipinski definition) is 5. The first kappa shape index (κ1) is 13.5. The number of aromatic nitrogens is 2. The van der Waals surface area contributed by atoms with Gasteiger partial charge >= 0.3 is 0 Å². The lowest BCUT2D eigenvalue weighted by atomic mass is 10.1. The van der Waals surface area contributed by atoms with Crippen molar-refractivity contribution in [3.05, 3.63) is 11.7 Å². The molecule has 5 nitrogen and oxygen atoms in total. The number of nitrogens with zero attached hydrogens (tertiary/aromatic N) is 2. The Labute approximate surface area is 108 Å². The van der Waals surface area contributed by atoms with E-state index in [-0.39, 0.29) is 0 Å². The van der Waals surface area contributed by atoms with Gasteiger partial charge in [-0.1, -0.05) is 18.5 Å². The van der Waals surface area contributed by atoms with Crippen LogP contribution < -0.4 is 5.32 Å². The SMILES string of the molecule is CCCC(Cc1nc(CC2CCOC2)no1)NC. The van der Waals surface area contributed by atoms with E-state index in [2.05, 4.69) is 22.4 Å². The molecule has 0 aromatic carbocycles. The summed E-state index contributed by atoms with van der Waals surface area (Å²) in [6, 6.07) is 0.429. The Hall–Kier alpha value is -0.940. The zero-order valence-electron chi connectivity index (χ0n) is 11.3. The fraction of sp³-hybridized carbons (Fsp3) is 0.846. The average molecular weight is 253 g/mol. The highest BCUT2D eigenvalue weighted by Gasteiger charge is 2.19. The third kappa shape index (κ3) is 3.78. The Bertz CT molecular complexity index is 348. The van der Waals surface area contributed by atoms with Gasteiger partial charge in [-0.15, -0.1) is 0 Å². The maximum Gasteiger partial charge on any atom is 0.228 e. The lowest BCUT2D eigenvalue weighted by molar-refractivity contribution is 0.185. The van der Waals surface area contributed by atoms with E-state index in [1.165, 1.54) is 0 Å². The number of ether oxygens (including phenoxy) is 1. The maximum atomic E-state index is 5.35. The van der Waals surface area contributed by atoms with Crippen LogP contribution in [0.25, 0.3) is 0 Å². The van der Waals surface area contributed by atoms with Crippen molar-refractivity contribution in [3.8, 4) is 0 Å². The summed E-state index contributed by atoms with van der Waals surface area (Å²) >= 11 is 0. The predicted octanol–water partition coefficient (Wildman–Crippen LogP) is 1.58.